The topological polar surface area (TPSA) is 46.6 Å². The monoisotopic (exact) mass is 329 g/mol. The minimum Gasteiger partial charge on any atom is -0.469 e. The largest absolute Gasteiger partial charge is 0.469 e. The highest BCUT2D eigenvalue weighted by Crippen LogP contribution is 2.35. The third kappa shape index (κ3) is 3.08. The van der Waals surface area contributed by atoms with Gasteiger partial charge in [-0.25, -0.2) is 0 Å². The van der Waals surface area contributed by atoms with Crippen LogP contribution in [0.15, 0.2) is 48.5 Å². The lowest BCUT2D eigenvalue weighted by molar-refractivity contribution is -0.141. The zero-order chi connectivity index (χ0) is 16.4. The van der Waals surface area contributed by atoms with Crippen molar-refractivity contribution in [1.29, 1.82) is 0 Å². The fraction of sp³-hybridized carbons (Fsp3) is 0.222. The molecule has 23 heavy (non-hydrogen) atoms. The predicted molar refractivity (Wildman–Crippen MR) is 88.9 cm³/mol. The van der Waals surface area contributed by atoms with Crippen molar-refractivity contribution >= 4 is 29.2 Å². The summed E-state index contributed by atoms with van der Waals surface area (Å²) in [5.74, 6) is -0.527. The standard InChI is InChI=1S/C18H16ClNO3/c1-23-17(21)9-12-11-20(14-5-3-2-4-6-14)18(22)15-8-7-13(19)10-16(12)15/h2-8,10,12H,9,11H2,1H3. The van der Waals surface area contributed by atoms with Crippen LogP contribution in [0.5, 0.6) is 0 Å². The molecule has 4 nitrogen and oxygen atoms in total. The number of methoxy groups -OCH3 is 1. The Labute approximate surface area is 139 Å². The maximum absolute atomic E-state index is 12.8. The molecule has 5 heteroatoms. The minimum absolute atomic E-state index is 0.0796. The molecule has 1 aliphatic heterocycles. The van der Waals surface area contributed by atoms with Gasteiger partial charge >= 0.3 is 5.97 Å². The van der Waals surface area contributed by atoms with E-state index in [9.17, 15) is 9.59 Å². The zero-order valence-corrected chi connectivity index (χ0v) is 13.4. The Morgan fingerprint density at radius 1 is 1.26 bits per heavy atom. The van der Waals surface area contributed by atoms with E-state index in [4.69, 9.17) is 16.3 Å². The van der Waals surface area contributed by atoms with Crippen molar-refractivity contribution in [3.63, 3.8) is 0 Å². The number of ether oxygens (including phenoxy) is 1. The van der Waals surface area contributed by atoms with Crippen LogP contribution < -0.4 is 4.90 Å². The van der Waals surface area contributed by atoms with Gasteiger partial charge < -0.3 is 9.64 Å². The van der Waals surface area contributed by atoms with Gasteiger partial charge in [-0.15, -0.1) is 0 Å². The molecule has 118 valence electrons. The van der Waals surface area contributed by atoms with Gasteiger partial charge in [0.2, 0.25) is 0 Å². The number of esters is 1. The highest BCUT2D eigenvalue weighted by molar-refractivity contribution is 6.30. The van der Waals surface area contributed by atoms with Crippen molar-refractivity contribution in [3.05, 3.63) is 64.7 Å². The Morgan fingerprint density at radius 2 is 2.00 bits per heavy atom. The highest BCUT2D eigenvalue weighted by atomic mass is 35.5. The number of anilines is 1. The second-order valence-electron chi connectivity index (χ2n) is 5.46. The van der Waals surface area contributed by atoms with E-state index in [2.05, 4.69) is 0 Å². The Hall–Kier alpha value is -2.33. The van der Waals surface area contributed by atoms with E-state index in [1.165, 1.54) is 7.11 Å². The summed E-state index contributed by atoms with van der Waals surface area (Å²) < 4.78 is 4.79. The lowest BCUT2D eigenvalue weighted by Crippen LogP contribution is -2.40. The summed E-state index contributed by atoms with van der Waals surface area (Å²) in [7, 11) is 1.37. The van der Waals surface area contributed by atoms with E-state index in [1.807, 2.05) is 30.3 Å². The van der Waals surface area contributed by atoms with Gasteiger partial charge in [0.25, 0.3) is 5.91 Å². The molecule has 0 bridgehead atoms. The molecule has 0 aliphatic carbocycles. The highest BCUT2D eigenvalue weighted by Gasteiger charge is 2.33. The molecule has 2 aromatic carbocycles. The number of halogens is 1. The Bertz CT molecular complexity index is 745. The molecule has 1 atom stereocenters. The number of benzene rings is 2. The van der Waals surface area contributed by atoms with Crippen molar-refractivity contribution in [2.45, 2.75) is 12.3 Å². The summed E-state index contributed by atoms with van der Waals surface area (Å²) in [6.07, 6.45) is 0.209. The summed E-state index contributed by atoms with van der Waals surface area (Å²) in [4.78, 5) is 26.2. The molecule has 1 amide bonds. The first kappa shape index (κ1) is 15.6. The third-order valence-electron chi connectivity index (χ3n) is 4.04. The smallest absolute Gasteiger partial charge is 0.306 e. The Morgan fingerprint density at radius 3 is 2.70 bits per heavy atom. The predicted octanol–water partition coefficient (Wildman–Crippen LogP) is 3.65. The summed E-state index contributed by atoms with van der Waals surface area (Å²) >= 11 is 6.07. The number of carbonyl (C=O) groups excluding carboxylic acids is 2. The van der Waals surface area contributed by atoms with Crippen LogP contribution in [0.25, 0.3) is 0 Å². The first-order chi connectivity index (χ1) is 11.1. The Kier molecular flexibility index (Phi) is 4.35. The molecule has 0 spiro atoms. The molecule has 3 rings (SSSR count). The van der Waals surface area contributed by atoms with E-state index >= 15 is 0 Å². The number of hydrogen-bond acceptors (Lipinski definition) is 3. The molecular weight excluding hydrogens is 314 g/mol. The maximum atomic E-state index is 12.8. The molecule has 2 aromatic rings. The van der Waals surface area contributed by atoms with Crippen molar-refractivity contribution in [2.75, 3.05) is 18.6 Å². The molecular formula is C18H16ClNO3. The summed E-state index contributed by atoms with van der Waals surface area (Å²) in [6, 6.07) is 14.6. The van der Waals surface area contributed by atoms with Crippen LogP contribution in [-0.4, -0.2) is 25.5 Å². The molecule has 0 aromatic heterocycles. The van der Waals surface area contributed by atoms with Crippen LogP contribution in [0.4, 0.5) is 5.69 Å². The van der Waals surface area contributed by atoms with Crippen LogP contribution in [0.2, 0.25) is 5.02 Å². The van der Waals surface area contributed by atoms with E-state index in [-0.39, 0.29) is 24.2 Å². The number of para-hydroxylation sites is 1. The number of nitrogens with zero attached hydrogens (tertiary/aromatic N) is 1. The van der Waals surface area contributed by atoms with Gasteiger partial charge in [-0.05, 0) is 35.9 Å². The number of fused-ring (bicyclic) bond motifs is 1. The van der Waals surface area contributed by atoms with Crippen molar-refractivity contribution in [3.8, 4) is 0 Å². The van der Waals surface area contributed by atoms with Crippen molar-refractivity contribution < 1.29 is 14.3 Å². The average Bonchev–Trinajstić information content (AvgIpc) is 2.57. The fourth-order valence-electron chi connectivity index (χ4n) is 2.90. The maximum Gasteiger partial charge on any atom is 0.306 e. The molecule has 0 fully saturated rings. The normalized spacial score (nSPS) is 16.9. The third-order valence-corrected chi connectivity index (χ3v) is 4.28. The lowest BCUT2D eigenvalue weighted by atomic mass is 9.86. The number of rotatable bonds is 3. The average molecular weight is 330 g/mol. The molecule has 0 saturated carbocycles. The number of amides is 1. The van der Waals surface area contributed by atoms with Crippen LogP contribution in [-0.2, 0) is 9.53 Å². The zero-order valence-electron chi connectivity index (χ0n) is 12.7. The van der Waals surface area contributed by atoms with Crippen molar-refractivity contribution in [1.82, 2.24) is 0 Å². The van der Waals surface area contributed by atoms with Crippen LogP contribution in [0, 0.1) is 0 Å². The van der Waals surface area contributed by atoms with Gasteiger partial charge in [-0.1, -0.05) is 29.8 Å². The summed E-state index contributed by atoms with van der Waals surface area (Å²) in [5, 5.41) is 0.555. The fourth-order valence-corrected chi connectivity index (χ4v) is 3.08. The van der Waals surface area contributed by atoms with E-state index < -0.39 is 0 Å². The van der Waals surface area contributed by atoms with Gasteiger partial charge in [-0.3, -0.25) is 9.59 Å². The molecule has 1 heterocycles. The SMILES string of the molecule is COC(=O)CC1CN(c2ccccc2)C(=O)c2ccc(Cl)cc21. The lowest BCUT2D eigenvalue weighted by Gasteiger charge is -2.34. The number of hydrogen-bond donors (Lipinski definition) is 0. The molecule has 1 unspecified atom stereocenters. The van der Waals surface area contributed by atoms with Crippen LogP contribution in [0.3, 0.4) is 0 Å². The van der Waals surface area contributed by atoms with E-state index in [0.717, 1.165) is 11.3 Å². The second-order valence-corrected chi connectivity index (χ2v) is 5.90. The minimum atomic E-state index is -0.303. The molecule has 1 aliphatic rings. The van der Waals surface area contributed by atoms with Gasteiger partial charge in [0.15, 0.2) is 0 Å². The summed E-state index contributed by atoms with van der Waals surface area (Å²) in [5.41, 5.74) is 2.20. The van der Waals surface area contributed by atoms with Gasteiger partial charge in [-0.2, -0.15) is 0 Å². The van der Waals surface area contributed by atoms with E-state index in [1.54, 1.807) is 23.1 Å². The Balaban J connectivity index is 2.03. The quantitative estimate of drug-likeness (QED) is 0.808. The second kappa shape index (κ2) is 6.42. The molecule has 0 saturated heterocycles. The van der Waals surface area contributed by atoms with Crippen LogP contribution in [0.1, 0.15) is 28.3 Å². The van der Waals surface area contributed by atoms with E-state index in [0.29, 0.717) is 17.1 Å². The van der Waals surface area contributed by atoms with Crippen LogP contribution >= 0.6 is 11.6 Å². The first-order valence-corrected chi connectivity index (χ1v) is 7.71. The number of carbonyl (C=O) groups is 2. The van der Waals surface area contributed by atoms with Crippen molar-refractivity contribution in [2.24, 2.45) is 0 Å². The van der Waals surface area contributed by atoms with Gasteiger partial charge in [0.05, 0.1) is 13.5 Å². The summed E-state index contributed by atoms with van der Waals surface area (Å²) in [6.45, 7) is 0.422. The van der Waals surface area contributed by atoms with Gasteiger partial charge in [0, 0.05) is 28.7 Å². The van der Waals surface area contributed by atoms with Gasteiger partial charge in [0.1, 0.15) is 0 Å². The molecule has 0 N–H and O–H groups in total. The first-order valence-electron chi connectivity index (χ1n) is 7.33. The molecule has 0 radical (unpaired) electrons.